The van der Waals surface area contributed by atoms with Gasteiger partial charge in [0.15, 0.2) is 0 Å². The highest BCUT2D eigenvalue weighted by molar-refractivity contribution is 5.72. The van der Waals surface area contributed by atoms with Crippen LogP contribution in [0.5, 0.6) is 0 Å². The van der Waals surface area contributed by atoms with Gasteiger partial charge in [0.25, 0.3) is 5.41 Å². The van der Waals surface area contributed by atoms with Crippen molar-refractivity contribution >= 4 is 23.9 Å². The minimum atomic E-state index is -6.82. The Morgan fingerprint density at radius 1 is 0.512 bits per heavy atom. The summed E-state index contributed by atoms with van der Waals surface area (Å²) in [6.45, 7) is -4.36. The smallest absolute Gasteiger partial charge is 0.416 e. The Balaban J connectivity index is 3.20. The van der Waals surface area contributed by atoms with Crippen molar-refractivity contribution in [2.45, 2.75) is 30.5 Å². The molecule has 1 rings (SSSR count). The number of aliphatic carboxylic acids is 4. The number of carbonyl (C=O) groups is 4. The maximum atomic E-state index is 13.4. The fraction of sp³-hybridized carbons (Fsp3) is 0.565. The summed E-state index contributed by atoms with van der Waals surface area (Å²) < 4.78 is 121. The van der Waals surface area contributed by atoms with E-state index in [1.807, 2.05) is 0 Å². The van der Waals surface area contributed by atoms with E-state index in [1.165, 1.54) is 4.90 Å². The minimum Gasteiger partial charge on any atom is -0.480 e. The van der Waals surface area contributed by atoms with Crippen molar-refractivity contribution in [1.82, 2.24) is 14.7 Å². The molecule has 0 aromatic heterocycles. The Hall–Kier alpha value is -3.65. The molecule has 0 aliphatic carbocycles. The summed E-state index contributed by atoms with van der Waals surface area (Å²) in [5.74, 6) is -5.57. The van der Waals surface area contributed by atoms with E-state index in [-0.39, 0.29) is 43.9 Å². The zero-order valence-corrected chi connectivity index (χ0v) is 21.8. The molecule has 11 nitrogen and oxygen atoms in total. The van der Waals surface area contributed by atoms with E-state index >= 15 is 0 Å². The highest BCUT2D eigenvalue weighted by Crippen LogP contribution is 2.60. The van der Waals surface area contributed by atoms with Crippen molar-refractivity contribution in [1.29, 1.82) is 0 Å². The number of alkyl halides is 9. The molecule has 0 saturated carbocycles. The van der Waals surface area contributed by atoms with Crippen LogP contribution in [-0.4, -0.2) is 130 Å². The zero-order chi connectivity index (χ0) is 33.4. The minimum absolute atomic E-state index is 0.0149. The summed E-state index contributed by atoms with van der Waals surface area (Å²) in [6.07, 6.45) is -20.5. The lowest BCUT2D eigenvalue weighted by molar-refractivity contribution is -0.387. The van der Waals surface area contributed by atoms with Crippen molar-refractivity contribution in [3.8, 4) is 0 Å². The Morgan fingerprint density at radius 3 is 1.16 bits per heavy atom. The number of benzene rings is 1. The van der Waals surface area contributed by atoms with Crippen LogP contribution < -0.4 is 0 Å². The van der Waals surface area contributed by atoms with Crippen LogP contribution >= 0.6 is 0 Å². The second-order valence-corrected chi connectivity index (χ2v) is 9.21. The van der Waals surface area contributed by atoms with Gasteiger partial charge in [0.1, 0.15) is 0 Å². The normalized spacial score (nSPS) is 13.1. The third-order valence-electron chi connectivity index (χ3n) is 5.97. The van der Waals surface area contributed by atoms with Gasteiger partial charge in [-0.2, -0.15) is 39.5 Å². The van der Waals surface area contributed by atoms with Gasteiger partial charge >= 0.3 is 42.4 Å². The number of halogens is 9. The SMILES string of the molecule is O=C(O)CN(CCN(CC(=O)O)CC(=O)O)CCN(CC(=O)O)Cc1ccc(C(C(F)(F)F)(C(F)(F)F)C(F)(F)F)cc1. The summed E-state index contributed by atoms with van der Waals surface area (Å²) in [7, 11) is 0. The van der Waals surface area contributed by atoms with Gasteiger partial charge < -0.3 is 20.4 Å². The molecule has 0 spiro atoms. The maximum absolute atomic E-state index is 13.4. The largest absolute Gasteiger partial charge is 0.480 e. The molecule has 0 aliphatic heterocycles. The van der Waals surface area contributed by atoms with Crippen LogP contribution in [0.25, 0.3) is 0 Å². The number of hydrogen-bond acceptors (Lipinski definition) is 7. The molecular formula is C23H26F9N3O8. The number of carboxylic acids is 4. The van der Waals surface area contributed by atoms with E-state index < -0.39 is 86.1 Å². The molecule has 20 heteroatoms. The molecule has 0 heterocycles. The highest BCUT2D eigenvalue weighted by Gasteiger charge is 2.84. The predicted molar refractivity (Wildman–Crippen MR) is 125 cm³/mol. The first kappa shape index (κ1) is 37.4. The van der Waals surface area contributed by atoms with Crippen LogP contribution in [0.4, 0.5) is 39.5 Å². The number of nitrogens with zero attached hydrogens (tertiary/aromatic N) is 3. The fourth-order valence-electron chi connectivity index (χ4n) is 4.12. The summed E-state index contributed by atoms with van der Waals surface area (Å²) in [5.41, 5.74) is -8.53. The molecule has 0 amide bonds. The number of hydrogen-bond donors (Lipinski definition) is 4. The first-order valence-electron chi connectivity index (χ1n) is 11.8. The molecule has 0 fully saturated rings. The molecule has 0 bridgehead atoms. The molecule has 1 aromatic carbocycles. The van der Waals surface area contributed by atoms with E-state index in [0.29, 0.717) is 12.1 Å². The van der Waals surface area contributed by atoms with E-state index in [2.05, 4.69) is 0 Å². The van der Waals surface area contributed by atoms with Gasteiger partial charge in [-0.15, -0.1) is 0 Å². The van der Waals surface area contributed by atoms with E-state index in [0.717, 1.165) is 9.80 Å². The second kappa shape index (κ2) is 14.7. The lowest BCUT2D eigenvalue weighted by Crippen LogP contribution is -2.63. The Bertz CT molecular complexity index is 1070. The molecular weight excluding hydrogens is 617 g/mol. The van der Waals surface area contributed by atoms with E-state index in [9.17, 15) is 63.8 Å². The lowest BCUT2D eigenvalue weighted by atomic mass is 9.77. The first-order valence-corrected chi connectivity index (χ1v) is 11.8. The number of rotatable bonds is 17. The van der Waals surface area contributed by atoms with E-state index in [4.69, 9.17) is 15.3 Å². The van der Waals surface area contributed by atoms with Gasteiger partial charge in [0, 0.05) is 32.7 Å². The second-order valence-electron chi connectivity index (χ2n) is 9.21. The first-order chi connectivity index (χ1) is 19.5. The summed E-state index contributed by atoms with van der Waals surface area (Å²) >= 11 is 0. The van der Waals surface area contributed by atoms with Crippen molar-refractivity contribution in [3.05, 3.63) is 35.4 Å². The third-order valence-corrected chi connectivity index (χ3v) is 5.97. The van der Waals surface area contributed by atoms with Crippen molar-refractivity contribution in [2.75, 3.05) is 52.4 Å². The average molecular weight is 643 g/mol. The van der Waals surface area contributed by atoms with Gasteiger partial charge in [-0.25, -0.2) is 0 Å². The highest BCUT2D eigenvalue weighted by atomic mass is 19.4. The van der Waals surface area contributed by atoms with Crippen molar-refractivity contribution in [2.24, 2.45) is 0 Å². The molecule has 0 radical (unpaired) electrons. The molecule has 0 atom stereocenters. The number of carboxylic acid groups (broad SMARTS) is 4. The molecule has 0 unspecified atom stereocenters. The van der Waals surface area contributed by atoms with Gasteiger partial charge in [-0.1, -0.05) is 24.3 Å². The molecule has 244 valence electrons. The Labute approximate surface area is 236 Å². The van der Waals surface area contributed by atoms with Crippen LogP contribution in [0.15, 0.2) is 24.3 Å². The summed E-state index contributed by atoms with van der Waals surface area (Å²) in [6, 6.07) is 1.04. The van der Waals surface area contributed by atoms with Gasteiger partial charge in [-0.3, -0.25) is 33.9 Å². The fourth-order valence-corrected chi connectivity index (χ4v) is 4.12. The topological polar surface area (TPSA) is 159 Å². The molecule has 1 aromatic rings. The molecule has 43 heavy (non-hydrogen) atoms. The standard InChI is InChI=1S/C23H26F9N3O8/c24-21(25,26)20(22(27,28)29,23(30,31)32)15-3-1-14(2-4-15)9-34(11-17(38)39)7-5-33(10-16(36)37)6-8-35(12-18(40)41)13-19(42)43/h1-4H,5-13H2,(H,36,37)(H,38,39)(H,40,41)(H,42,43). The maximum Gasteiger partial charge on any atom is 0.416 e. The quantitative estimate of drug-likeness (QED) is 0.185. The monoisotopic (exact) mass is 643 g/mol. The van der Waals surface area contributed by atoms with Crippen LogP contribution in [0, 0.1) is 0 Å². The van der Waals surface area contributed by atoms with Crippen LogP contribution in [-0.2, 0) is 31.1 Å². The third kappa shape index (κ3) is 10.5. The van der Waals surface area contributed by atoms with Crippen molar-refractivity contribution in [3.63, 3.8) is 0 Å². The van der Waals surface area contributed by atoms with Gasteiger partial charge in [0.05, 0.1) is 26.2 Å². The van der Waals surface area contributed by atoms with Crippen LogP contribution in [0.2, 0.25) is 0 Å². The van der Waals surface area contributed by atoms with E-state index in [1.54, 1.807) is 0 Å². The average Bonchev–Trinajstić information content (AvgIpc) is 2.77. The summed E-state index contributed by atoms with van der Waals surface area (Å²) in [5, 5.41) is 36.2. The Morgan fingerprint density at radius 2 is 0.814 bits per heavy atom. The molecule has 0 saturated heterocycles. The van der Waals surface area contributed by atoms with Crippen LogP contribution in [0.3, 0.4) is 0 Å². The van der Waals surface area contributed by atoms with Crippen LogP contribution in [0.1, 0.15) is 11.1 Å². The Kier molecular flexibility index (Phi) is 12.8. The lowest BCUT2D eigenvalue weighted by Gasteiger charge is -2.39. The van der Waals surface area contributed by atoms with Gasteiger partial charge in [-0.05, 0) is 11.1 Å². The summed E-state index contributed by atoms with van der Waals surface area (Å²) in [4.78, 5) is 47.7. The predicted octanol–water partition coefficient (Wildman–Crippen LogP) is 2.36. The van der Waals surface area contributed by atoms with Gasteiger partial charge in [0.2, 0.25) is 0 Å². The zero-order valence-electron chi connectivity index (χ0n) is 21.8. The molecule has 4 N–H and O–H groups in total. The van der Waals surface area contributed by atoms with Crippen molar-refractivity contribution < 1.29 is 79.1 Å². The molecule has 0 aliphatic rings.